The van der Waals surface area contributed by atoms with Crippen LogP contribution in [0.3, 0.4) is 0 Å². The fourth-order valence-corrected chi connectivity index (χ4v) is 4.03. The van der Waals surface area contributed by atoms with Crippen molar-refractivity contribution in [2.75, 3.05) is 31.6 Å². The molecule has 3 rings (SSSR count). The van der Waals surface area contributed by atoms with Gasteiger partial charge in [0.1, 0.15) is 28.8 Å². The van der Waals surface area contributed by atoms with Gasteiger partial charge in [-0.1, -0.05) is 32.0 Å². The second-order valence-electron chi connectivity index (χ2n) is 7.32. The van der Waals surface area contributed by atoms with Crippen LogP contribution in [0.2, 0.25) is 0 Å². The SMILES string of the molecule is CCN(CC)CCOC(=O)c1ccc(NC(=O)c2sc(COc3ccccc3)nc2C)cc1. The molecule has 0 atom stereocenters. The van der Waals surface area contributed by atoms with Gasteiger partial charge in [-0.05, 0) is 56.4 Å². The molecule has 7 nitrogen and oxygen atoms in total. The summed E-state index contributed by atoms with van der Waals surface area (Å²) in [5.74, 6) is 0.134. The van der Waals surface area contributed by atoms with Crippen LogP contribution in [-0.2, 0) is 11.3 Å². The Balaban J connectivity index is 1.53. The maximum Gasteiger partial charge on any atom is 0.338 e. The number of anilines is 1. The number of esters is 1. The highest BCUT2D eigenvalue weighted by Crippen LogP contribution is 2.22. The summed E-state index contributed by atoms with van der Waals surface area (Å²) in [5.41, 5.74) is 1.69. The Labute approximate surface area is 198 Å². The number of nitrogens with one attached hydrogen (secondary N) is 1. The Morgan fingerprint density at radius 3 is 2.39 bits per heavy atom. The summed E-state index contributed by atoms with van der Waals surface area (Å²) >= 11 is 1.30. The molecule has 0 aliphatic rings. The Morgan fingerprint density at radius 1 is 1.03 bits per heavy atom. The second kappa shape index (κ2) is 12.1. The maximum atomic E-state index is 12.7. The number of carbonyl (C=O) groups excluding carboxylic acids is 2. The van der Waals surface area contributed by atoms with Gasteiger partial charge in [-0.2, -0.15) is 0 Å². The minimum atomic E-state index is -0.374. The number of aryl methyl sites for hydroxylation is 1. The Hall–Kier alpha value is -3.23. The van der Waals surface area contributed by atoms with Crippen molar-refractivity contribution in [3.63, 3.8) is 0 Å². The lowest BCUT2D eigenvalue weighted by atomic mass is 10.2. The summed E-state index contributed by atoms with van der Waals surface area (Å²) in [5, 5.41) is 3.58. The van der Waals surface area contributed by atoms with Gasteiger partial charge in [-0.25, -0.2) is 9.78 Å². The highest BCUT2D eigenvalue weighted by Gasteiger charge is 2.16. The molecule has 1 amide bonds. The van der Waals surface area contributed by atoms with E-state index in [-0.39, 0.29) is 11.9 Å². The molecule has 1 aromatic heterocycles. The topological polar surface area (TPSA) is 80.8 Å². The molecular weight excluding hydrogens is 438 g/mol. The lowest BCUT2D eigenvalue weighted by Gasteiger charge is -2.17. The number of amides is 1. The summed E-state index contributed by atoms with van der Waals surface area (Å²) in [6, 6.07) is 16.1. The number of para-hydroxylation sites is 1. The number of hydrogen-bond acceptors (Lipinski definition) is 7. The quantitative estimate of drug-likeness (QED) is 0.409. The fourth-order valence-electron chi connectivity index (χ4n) is 3.15. The summed E-state index contributed by atoms with van der Waals surface area (Å²) < 4.78 is 11.1. The first kappa shape index (κ1) is 24.4. The first-order valence-electron chi connectivity index (χ1n) is 10.9. The predicted molar refractivity (Wildman–Crippen MR) is 130 cm³/mol. The van der Waals surface area contributed by atoms with Gasteiger partial charge in [-0.15, -0.1) is 11.3 Å². The van der Waals surface area contributed by atoms with Crippen LogP contribution in [0, 0.1) is 6.92 Å². The van der Waals surface area contributed by atoms with Gasteiger partial charge in [0.2, 0.25) is 0 Å². The molecule has 1 heterocycles. The lowest BCUT2D eigenvalue weighted by Crippen LogP contribution is -2.27. The third-order valence-electron chi connectivity index (χ3n) is 5.07. The third kappa shape index (κ3) is 7.13. The van der Waals surface area contributed by atoms with Crippen molar-refractivity contribution in [1.29, 1.82) is 0 Å². The normalized spacial score (nSPS) is 10.8. The number of nitrogens with zero attached hydrogens (tertiary/aromatic N) is 2. The smallest absolute Gasteiger partial charge is 0.338 e. The third-order valence-corrected chi connectivity index (χ3v) is 6.20. The zero-order valence-electron chi connectivity index (χ0n) is 19.2. The summed E-state index contributed by atoms with van der Waals surface area (Å²) in [7, 11) is 0. The van der Waals surface area contributed by atoms with E-state index in [1.807, 2.05) is 30.3 Å². The molecule has 1 N–H and O–H groups in total. The molecule has 33 heavy (non-hydrogen) atoms. The highest BCUT2D eigenvalue weighted by molar-refractivity contribution is 7.13. The van der Waals surface area contributed by atoms with E-state index in [4.69, 9.17) is 9.47 Å². The van der Waals surface area contributed by atoms with Crippen LogP contribution in [0.15, 0.2) is 54.6 Å². The molecule has 2 aromatic carbocycles. The number of aromatic nitrogens is 1. The van der Waals surface area contributed by atoms with E-state index in [0.717, 1.165) is 23.8 Å². The van der Waals surface area contributed by atoms with E-state index in [1.165, 1.54) is 11.3 Å². The predicted octanol–water partition coefficient (Wildman–Crippen LogP) is 4.78. The van der Waals surface area contributed by atoms with Gasteiger partial charge >= 0.3 is 5.97 Å². The van der Waals surface area contributed by atoms with Crippen LogP contribution >= 0.6 is 11.3 Å². The van der Waals surface area contributed by atoms with Crippen LogP contribution in [0.1, 0.15) is 44.6 Å². The van der Waals surface area contributed by atoms with Crippen molar-refractivity contribution in [2.24, 2.45) is 0 Å². The number of thiazole rings is 1. The summed E-state index contributed by atoms with van der Waals surface area (Å²) in [6.07, 6.45) is 0. The monoisotopic (exact) mass is 467 g/mol. The minimum Gasteiger partial charge on any atom is -0.486 e. The molecule has 0 spiro atoms. The van der Waals surface area contributed by atoms with Gasteiger partial charge in [0.05, 0.1) is 11.3 Å². The van der Waals surface area contributed by atoms with Gasteiger partial charge < -0.3 is 19.7 Å². The fraction of sp³-hybridized carbons (Fsp3) is 0.320. The molecule has 174 valence electrons. The molecule has 0 bridgehead atoms. The van der Waals surface area contributed by atoms with Gasteiger partial charge in [-0.3, -0.25) is 4.79 Å². The van der Waals surface area contributed by atoms with Crippen molar-refractivity contribution in [3.8, 4) is 5.75 Å². The number of likely N-dealkylation sites (N-methyl/N-ethyl adjacent to an activating group) is 1. The van der Waals surface area contributed by atoms with Crippen LogP contribution in [0.25, 0.3) is 0 Å². The summed E-state index contributed by atoms with van der Waals surface area (Å²) in [4.78, 5) is 32.1. The molecule has 0 unspecified atom stereocenters. The Bertz CT molecular complexity index is 1050. The van der Waals surface area contributed by atoms with E-state index >= 15 is 0 Å². The molecule has 0 fully saturated rings. The van der Waals surface area contributed by atoms with E-state index in [9.17, 15) is 9.59 Å². The van der Waals surface area contributed by atoms with Crippen molar-refractivity contribution >= 4 is 28.9 Å². The molecule has 0 radical (unpaired) electrons. The Kier molecular flexibility index (Phi) is 8.97. The first-order valence-corrected chi connectivity index (χ1v) is 11.8. The van der Waals surface area contributed by atoms with Crippen LogP contribution in [0.4, 0.5) is 5.69 Å². The molecule has 0 saturated heterocycles. The van der Waals surface area contributed by atoms with Crippen LogP contribution in [-0.4, -0.2) is 48.0 Å². The number of ether oxygens (including phenoxy) is 2. The number of hydrogen-bond donors (Lipinski definition) is 1. The van der Waals surface area contributed by atoms with Crippen molar-refractivity contribution in [1.82, 2.24) is 9.88 Å². The molecule has 3 aromatic rings. The number of rotatable bonds is 11. The number of benzene rings is 2. The first-order chi connectivity index (χ1) is 16.0. The molecule has 0 saturated carbocycles. The summed E-state index contributed by atoms with van der Waals surface area (Å²) in [6.45, 7) is 9.14. The highest BCUT2D eigenvalue weighted by atomic mass is 32.1. The van der Waals surface area contributed by atoms with E-state index in [0.29, 0.717) is 41.6 Å². The largest absolute Gasteiger partial charge is 0.486 e. The van der Waals surface area contributed by atoms with Crippen molar-refractivity contribution in [3.05, 3.63) is 75.7 Å². The van der Waals surface area contributed by atoms with Crippen molar-refractivity contribution in [2.45, 2.75) is 27.4 Å². The molecule has 8 heteroatoms. The molecular formula is C25H29N3O4S. The average Bonchev–Trinajstić information content (AvgIpc) is 3.22. The second-order valence-corrected chi connectivity index (χ2v) is 8.40. The lowest BCUT2D eigenvalue weighted by molar-refractivity contribution is 0.0466. The van der Waals surface area contributed by atoms with Gasteiger partial charge in [0.25, 0.3) is 5.91 Å². The maximum absolute atomic E-state index is 12.7. The van der Waals surface area contributed by atoms with Gasteiger partial charge in [0, 0.05) is 12.2 Å². The molecule has 0 aliphatic carbocycles. The van der Waals surface area contributed by atoms with Crippen LogP contribution < -0.4 is 10.1 Å². The zero-order chi connectivity index (χ0) is 23.6. The Morgan fingerprint density at radius 2 is 1.73 bits per heavy atom. The van der Waals surface area contributed by atoms with Gasteiger partial charge in [0.15, 0.2) is 0 Å². The number of carbonyl (C=O) groups is 2. The minimum absolute atomic E-state index is 0.245. The molecule has 0 aliphatic heterocycles. The van der Waals surface area contributed by atoms with Crippen molar-refractivity contribution < 1.29 is 19.1 Å². The van der Waals surface area contributed by atoms with E-state index < -0.39 is 0 Å². The van der Waals surface area contributed by atoms with E-state index in [2.05, 4.69) is 29.0 Å². The standard InChI is InChI=1S/C25H29N3O4S/c1-4-28(5-2)15-16-31-25(30)19-11-13-20(14-12-19)27-24(29)23-18(3)26-22(33-23)17-32-21-9-7-6-8-10-21/h6-14H,4-5,15-17H2,1-3H3,(H,27,29). The average molecular weight is 468 g/mol. The zero-order valence-corrected chi connectivity index (χ0v) is 20.0. The van der Waals surface area contributed by atoms with Crippen LogP contribution in [0.5, 0.6) is 5.75 Å². The van der Waals surface area contributed by atoms with E-state index in [1.54, 1.807) is 31.2 Å².